The molecule has 0 radical (unpaired) electrons. The van der Waals surface area contributed by atoms with Crippen LogP contribution in [-0.2, 0) is 0 Å². The SMILES string of the molecule is CC.Cc1cncc2c(Br)ccn12. The summed E-state index contributed by atoms with van der Waals surface area (Å²) in [4.78, 5) is 4.09. The molecule has 0 saturated carbocycles. The summed E-state index contributed by atoms with van der Waals surface area (Å²) in [5, 5.41) is 0. The average Bonchev–Trinajstić information content (AvgIpc) is 2.53. The van der Waals surface area contributed by atoms with Crippen LogP contribution in [0.5, 0.6) is 0 Å². The molecule has 3 heteroatoms. The zero-order valence-corrected chi connectivity index (χ0v) is 9.67. The normalized spacial score (nSPS) is 9.54. The Morgan fingerprint density at radius 1 is 1.31 bits per heavy atom. The van der Waals surface area contributed by atoms with Crippen LogP contribution in [0.4, 0.5) is 0 Å². The number of aromatic nitrogens is 2. The molecular formula is C10H13BrN2. The van der Waals surface area contributed by atoms with Crippen molar-refractivity contribution in [3.8, 4) is 0 Å². The van der Waals surface area contributed by atoms with Crippen molar-refractivity contribution < 1.29 is 0 Å². The predicted octanol–water partition coefficient (Wildman–Crippen LogP) is 3.43. The number of hydrogen-bond acceptors (Lipinski definition) is 1. The Morgan fingerprint density at radius 2 is 2.00 bits per heavy atom. The van der Waals surface area contributed by atoms with Crippen molar-refractivity contribution in [3.05, 3.63) is 34.8 Å². The van der Waals surface area contributed by atoms with E-state index in [0.717, 1.165) is 15.7 Å². The maximum Gasteiger partial charge on any atom is 0.0780 e. The van der Waals surface area contributed by atoms with Crippen LogP contribution in [0.3, 0.4) is 0 Å². The van der Waals surface area contributed by atoms with Gasteiger partial charge in [-0.25, -0.2) is 0 Å². The molecular weight excluding hydrogens is 228 g/mol. The molecule has 0 aliphatic rings. The highest BCUT2D eigenvalue weighted by atomic mass is 79.9. The van der Waals surface area contributed by atoms with Crippen molar-refractivity contribution in [1.29, 1.82) is 0 Å². The van der Waals surface area contributed by atoms with E-state index in [2.05, 4.69) is 25.3 Å². The molecule has 2 heterocycles. The van der Waals surface area contributed by atoms with Crippen LogP contribution in [-0.4, -0.2) is 9.38 Å². The predicted molar refractivity (Wildman–Crippen MR) is 59.0 cm³/mol. The van der Waals surface area contributed by atoms with Gasteiger partial charge in [0.25, 0.3) is 0 Å². The van der Waals surface area contributed by atoms with Crippen molar-refractivity contribution in [3.63, 3.8) is 0 Å². The lowest BCUT2D eigenvalue weighted by atomic mass is 10.5. The van der Waals surface area contributed by atoms with Crippen LogP contribution in [0.1, 0.15) is 19.5 Å². The molecule has 0 N–H and O–H groups in total. The summed E-state index contributed by atoms with van der Waals surface area (Å²) in [5.41, 5.74) is 2.26. The van der Waals surface area contributed by atoms with Crippen LogP contribution in [0.15, 0.2) is 29.1 Å². The maximum absolute atomic E-state index is 4.09. The second-order valence-corrected chi connectivity index (χ2v) is 3.32. The van der Waals surface area contributed by atoms with Crippen LogP contribution >= 0.6 is 15.9 Å². The van der Waals surface area contributed by atoms with E-state index in [9.17, 15) is 0 Å². The van der Waals surface area contributed by atoms with Gasteiger partial charge in [-0.05, 0) is 28.9 Å². The fourth-order valence-electron chi connectivity index (χ4n) is 1.13. The molecule has 0 amide bonds. The number of aryl methyl sites for hydroxylation is 1. The Labute approximate surface area is 86.7 Å². The molecule has 0 spiro atoms. The smallest absolute Gasteiger partial charge is 0.0780 e. The molecule has 0 bridgehead atoms. The lowest BCUT2D eigenvalue weighted by Gasteiger charge is -1.97. The van der Waals surface area contributed by atoms with Crippen molar-refractivity contribution >= 4 is 21.4 Å². The maximum atomic E-state index is 4.09. The van der Waals surface area contributed by atoms with Gasteiger partial charge in [0, 0.05) is 22.6 Å². The number of nitrogens with zero attached hydrogens (tertiary/aromatic N) is 2. The Hall–Kier alpha value is -0.830. The number of fused-ring (bicyclic) bond motifs is 1. The molecule has 2 rings (SSSR count). The summed E-state index contributed by atoms with van der Waals surface area (Å²) in [6, 6.07) is 2.02. The Morgan fingerprint density at radius 3 is 2.62 bits per heavy atom. The largest absolute Gasteiger partial charge is 0.317 e. The summed E-state index contributed by atoms with van der Waals surface area (Å²) < 4.78 is 3.19. The monoisotopic (exact) mass is 240 g/mol. The summed E-state index contributed by atoms with van der Waals surface area (Å²) >= 11 is 3.44. The molecule has 2 nitrogen and oxygen atoms in total. The fourth-order valence-corrected chi connectivity index (χ4v) is 1.54. The van der Waals surface area contributed by atoms with Gasteiger partial charge in [0.1, 0.15) is 0 Å². The fraction of sp³-hybridized carbons (Fsp3) is 0.300. The average molecular weight is 241 g/mol. The summed E-state index contributed by atoms with van der Waals surface area (Å²) in [7, 11) is 0. The minimum Gasteiger partial charge on any atom is -0.317 e. The first kappa shape index (κ1) is 10.3. The summed E-state index contributed by atoms with van der Waals surface area (Å²) in [6.07, 6.45) is 5.72. The number of rotatable bonds is 0. The van der Waals surface area contributed by atoms with Crippen molar-refractivity contribution in [2.75, 3.05) is 0 Å². The second-order valence-electron chi connectivity index (χ2n) is 2.47. The van der Waals surface area contributed by atoms with Gasteiger partial charge in [0.05, 0.1) is 11.7 Å². The highest BCUT2D eigenvalue weighted by Crippen LogP contribution is 2.18. The molecule has 0 saturated heterocycles. The first-order valence-electron chi connectivity index (χ1n) is 4.36. The molecule has 0 unspecified atom stereocenters. The van der Waals surface area contributed by atoms with Gasteiger partial charge in [-0.2, -0.15) is 0 Å². The lowest BCUT2D eigenvalue weighted by molar-refractivity contribution is 1.05. The van der Waals surface area contributed by atoms with Crippen LogP contribution in [0.2, 0.25) is 0 Å². The number of hydrogen-bond donors (Lipinski definition) is 0. The molecule has 0 atom stereocenters. The molecule has 0 aliphatic carbocycles. The lowest BCUT2D eigenvalue weighted by Crippen LogP contribution is -1.89. The quantitative estimate of drug-likeness (QED) is 0.690. The summed E-state index contributed by atoms with van der Waals surface area (Å²) in [5.74, 6) is 0. The van der Waals surface area contributed by atoms with E-state index in [4.69, 9.17) is 0 Å². The first-order valence-corrected chi connectivity index (χ1v) is 5.15. The van der Waals surface area contributed by atoms with E-state index >= 15 is 0 Å². The zero-order valence-electron chi connectivity index (χ0n) is 8.08. The Bertz CT molecular complexity index is 393. The van der Waals surface area contributed by atoms with Crippen molar-refractivity contribution in [1.82, 2.24) is 9.38 Å². The third-order valence-corrected chi connectivity index (χ3v) is 2.38. The molecule has 0 aliphatic heterocycles. The third kappa shape index (κ3) is 1.91. The van der Waals surface area contributed by atoms with Gasteiger partial charge >= 0.3 is 0 Å². The third-order valence-electron chi connectivity index (χ3n) is 1.71. The van der Waals surface area contributed by atoms with Crippen LogP contribution in [0, 0.1) is 6.92 Å². The highest BCUT2D eigenvalue weighted by Gasteiger charge is 1.99. The number of halogens is 1. The van der Waals surface area contributed by atoms with E-state index in [1.54, 1.807) is 0 Å². The van der Waals surface area contributed by atoms with Gasteiger partial charge in [-0.1, -0.05) is 13.8 Å². The minimum absolute atomic E-state index is 1.09. The first-order chi connectivity index (χ1) is 6.29. The van der Waals surface area contributed by atoms with E-state index in [1.807, 2.05) is 45.4 Å². The standard InChI is InChI=1S/C8H7BrN2.C2H6/c1-6-4-10-5-8-7(9)2-3-11(6)8;1-2/h2-5H,1H3;1-2H3. The molecule has 0 aromatic carbocycles. The Balaban J connectivity index is 0.000000396. The Kier molecular flexibility index (Phi) is 3.48. The molecule has 13 heavy (non-hydrogen) atoms. The van der Waals surface area contributed by atoms with Gasteiger partial charge in [-0.3, -0.25) is 4.98 Å². The van der Waals surface area contributed by atoms with E-state index in [1.165, 1.54) is 0 Å². The van der Waals surface area contributed by atoms with Gasteiger partial charge < -0.3 is 4.40 Å². The molecule has 2 aromatic rings. The molecule has 2 aromatic heterocycles. The second kappa shape index (κ2) is 4.42. The van der Waals surface area contributed by atoms with Crippen molar-refractivity contribution in [2.24, 2.45) is 0 Å². The topological polar surface area (TPSA) is 17.3 Å². The van der Waals surface area contributed by atoms with E-state index in [-0.39, 0.29) is 0 Å². The van der Waals surface area contributed by atoms with Crippen molar-refractivity contribution in [2.45, 2.75) is 20.8 Å². The molecule has 0 fully saturated rings. The summed E-state index contributed by atoms with van der Waals surface area (Å²) in [6.45, 7) is 6.03. The molecule has 70 valence electrons. The van der Waals surface area contributed by atoms with Crippen LogP contribution < -0.4 is 0 Å². The minimum atomic E-state index is 1.09. The van der Waals surface area contributed by atoms with E-state index < -0.39 is 0 Å². The van der Waals surface area contributed by atoms with Gasteiger partial charge in [-0.15, -0.1) is 0 Å². The van der Waals surface area contributed by atoms with Crippen LogP contribution in [0.25, 0.3) is 5.52 Å². The highest BCUT2D eigenvalue weighted by molar-refractivity contribution is 9.10. The van der Waals surface area contributed by atoms with Gasteiger partial charge in [0.15, 0.2) is 0 Å². The van der Waals surface area contributed by atoms with E-state index in [0.29, 0.717) is 0 Å². The van der Waals surface area contributed by atoms with Gasteiger partial charge in [0.2, 0.25) is 0 Å². The zero-order chi connectivity index (χ0) is 9.84.